The summed E-state index contributed by atoms with van der Waals surface area (Å²) in [4.78, 5) is 12.3. The van der Waals surface area contributed by atoms with Crippen LogP contribution in [0.1, 0.15) is 24.5 Å². The van der Waals surface area contributed by atoms with E-state index in [0.717, 1.165) is 22.6 Å². The summed E-state index contributed by atoms with van der Waals surface area (Å²) >= 11 is 0. The van der Waals surface area contributed by atoms with Crippen LogP contribution >= 0.6 is 0 Å². The van der Waals surface area contributed by atoms with Crippen LogP contribution in [0.4, 0.5) is 0 Å². The molecule has 1 amide bonds. The highest BCUT2D eigenvalue weighted by Crippen LogP contribution is 2.18. The van der Waals surface area contributed by atoms with Gasteiger partial charge in [0.25, 0.3) is 5.91 Å². The number of carbonyl (C=O) groups excluding carboxylic acids is 1. The van der Waals surface area contributed by atoms with Crippen molar-refractivity contribution in [2.24, 2.45) is 0 Å². The molecule has 0 aliphatic rings. The van der Waals surface area contributed by atoms with Crippen molar-refractivity contribution in [3.8, 4) is 11.5 Å². The van der Waals surface area contributed by atoms with E-state index in [-0.39, 0.29) is 5.91 Å². The van der Waals surface area contributed by atoms with Crippen molar-refractivity contribution in [1.29, 1.82) is 0 Å². The number of nitrogens with one attached hydrogen (secondary N) is 1. The van der Waals surface area contributed by atoms with Crippen LogP contribution in [-0.4, -0.2) is 25.2 Å². The lowest BCUT2D eigenvalue weighted by atomic mass is 10.2. The first-order valence-electron chi connectivity index (χ1n) is 8.29. The number of para-hydroxylation sites is 1. The Morgan fingerprint density at radius 3 is 2.62 bits per heavy atom. The molecule has 0 heterocycles. The summed E-state index contributed by atoms with van der Waals surface area (Å²) in [6.07, 6.45) is 0.115. The molecule has 24 heavy (non-hydrogen) atoms. The lowest BCUT2D eigenvalue weighted by Gasteiger charge is -2.18. The molecule has 0 bridgehead atoms. The predicted octanol–water partition coefficient (Wildman–Crippen LogP) is 3.66. The van der Waals surface area contributed by atoms with E-state index in [1.54, 1.807) is 0 Å². The summed E-state index contributed by atoms with van der Waals surface area (Å²) in [5.74, 6) is 1.44. The molecular formula is C20H25NO3. The lowest BCUT2D eigenvalue weighted by molar-refractivity contribution is -0.128. The third kappa shape index (κ3) is 5.30. The average molecular weight is 327 g/mol. The quantitative estimate of drug-likeness (QED) is 0.753. The Bertz CT molecular complexity index is 669. The minimum atomic E-state index is -0.495. The van der Waals surface area contributed by atoms with Crippen LogP contribution in [0.2, 0.25) is 0 Å². The van der Waals surface area contributed by atoms with E-state index in [9.17, 15) is 4.79 Å². The Labute approximate surface area is 143 Å². The fourth-order valence-corrected chi connectivity index (χ4v) is 2.33. The summed E-state index contributed by atoms with van der Waals surface area (Å²) in [5.41, 5.74) is 2.17. The van der Waals surface area contributed by atoms with Gasteiger partial charge in [-0.3, -0.25) is 4.79 Å². The van der Waals surface area contributed by atoms with Crippen LogP contribution in [0, 0.1) is 13.8 Å². The summed E-state index contributed by atoms with van der Waals surface area (Å²) < 4.78 is 11.5. The van der Waals surface area contributed by atoms with Gasteiger partial charge in [0, 0.05) is 0 Å². The highest BCUT2D eigenvalue weighted by molar-refractivity contribution is 5.81. The normalized spacial score (nSPS) is 11.6. The molecule has 2 aromatic rings. The SMILES string of the molecule is CC[C@H](Oc1ccccc1C)C(=O)NCCOc1cccc(C)c1. The minimum Gasteiger partial charge on any atom is -0.492 e. The van der Waals surface area contributed by atoms with Crippen molar-refractivity contribution < 1.29 is 14.3 Å². The molecule has 4 heteroatoms. The zero-order valence-electron chi connectivity index (χ0n) is 14.5. The number of carbonyl (C=O) groups is 1. The van der Waals surface area contributed by atoms with E-state index in [4.69, 9.17) is 9.47 Å². The second-order valence-corrected chi connectivity index (χ2v) is 5.74. The van der Waals surface area contributed by atoms with Crippen molar-refractivity contribution in [3.05, 3.63) is 59.7 Å². The van der Waals surface area contributed by atoms with Gasteiger partial charge >= 0.3 is 0 Å². The second kappa shape index (κ2) is 8.96. The monoisotopic (exact) mass is 327 g/mol. The molecule has 0 unspecified atom stereocenters. The van der Waals surface area contributed by atoms with E-state index in [1.807, 2.05) is 69.3 Å². The minimum absolute atomic E-state index is 0.117. The number of aryl methyl sites for hydroxylation is 2. The third-order valence-corrected chi connectivity index (χ3v) is 3.69. The number of hydrogen-bond acceptors (Lipinski definition) is 3. The van der Waals surface area contributed by atoms with Gasteiger partial charge in [0.2, 0.25) is 0 Å². The van der Waals surface area contributed by atoms with Crippen LogP contribution in [0.25, 0.3) is 0 Å². The topological polar surface area (TPSA) is 47.6 Å². The molecule has 0 saturated carbocycles. The van der Waals surface area contributed by atoms with Crippen LogP contribution in [0.3, 0.4) is 0 Å². The highest BCUT2D eigenvalue weighted by atomic mass is 16.5. The molecule has 1 atom stereocenters. The van der Waals surface area contributed by atoms with Gasteiger partial charge in [-0.05, 0) is 49.6 Å². The molecular weight excluding hydrogens is 302 g/mol. The first-order chi connectivity index (χ1) is 11.6. The molecule has 0 saturated heterocycles. The predicted molar refractivity (Wildman–Crippen MR) is 95.6 cm³/mol. The Morgan fingerprint density at radius 1 is 1.12 bits per heavy atom. The van der Waals surface area contributed by atoms with Gasteiger partial charge in [0.15, 0.2) is 6.10 Å². The Kier molecular flexibility index (Phi) is 6.67. The summed E-state index contributed by atoms with van der Waals surface area (Å²) in [7, 11) is 0. The molecule has 4 nitrogen and oxygen atoms in total. The van der Waals surface area contributed by atoms with Crippen molar-refractivity contribution >= 4 is 5.91 Å². The summed E-state index contributed by atoms with van der Waals surface area (Å²) in [6.45, 7) is 6.79. The van der Waals surface area contributed by atoms with Gasteiger partial charge in [-0.1, -0.05) is 37.3 Å². The zero-order valence-corrected chi connectivity index (χ0v) is 14.5. The Balaban J connectivity index is 1.78. The van der Waals surface area contributed by atoms with Crippen LogP contribution in [-0.2, 0) is 4.79 Å². The van der Waals surface area contributed by atoms with Gasteiger partial charge < -0.3 is 14.8 Å². The maximum absolute atomic E-state index is 12.3. The number of ether oxygens (including phenoxy) is 2. The van der Waals surface area contributed by atoms with Crippen LogP contribution in [0.15, 0.2) is 48.5 Å². The van der Waals surface area contributed by atoms with Crippen molar-refractivity contribution in [2.75, 3.05) is 13.2 Å². The second-order valence-electron chi connectivity index (χ2n) is 5.74. The van der Waals surface area contributed by atoms with Gasteiger partial charge in [-0.25, -0.2) is 0 Å². The third-order valence-electron chi connectivity index (χ3n) is 3.69. The Hall–Kier alpha value is -2.49. The number of rotatable bonds is 8. The summed E-state index contributed by atoms with van der Waals surface area (Å²) in [6, 6.07) is 15.6. The van der Waals surface area contributed by atoms with Crippen molar-refractivity contribution in [2.45, 2.75) is 33.3 Å². The van der Waals surface area contributed by atoms with Crippen LogP contribution in [0.5, 0.6) is 11.5 Å². The average Bonchev–Trinajstić information content (AvgIpc) is 2.58. The maximum Gasteiger partial charge on any atom is 0.261 e. The van der Waals surface area contributed by atoms with Crippen molar-refractivity contribution in [1.82, 2.24) is 5.32 Å². The number of benzene rings is 2. The van der Waals surface area contributed by atoms with Crippen LogP contribution < -0.4 is 14.8 Å². The molecule has 0 aromatic heterocycles. The van der Waals surface area contributed by atoms with Crippen molar-refractivity contribution in [3.63, 3.8) is 0 Å². The standard InChI is InChI=1S/C20H25NO3/c1-4-18(24-19-11-6-5-9-16(19)3)20(22)21-12-13-23-17-10-7-8-15(2)14-17/h5-11,14,18H,4,12-13H2,1-3H3,(H,21,22)/t18-/m0/s1. The fourth-order valence-electron chi connectivity index (χ4n) is 2.33. The summed E-state index contributed by atoms with van der Waals surface area (Å²) in [5, 5.41) is 2.87. The number of hydrogen-bond donors (Lipinski definition) is 1. The number of amides is 1. The van der Waals surface area contributed by atoms with E-state index in [0.29, 0.717) is 19.6 Å². The van der Waals surface area contributed by atoms with Gasteiger partial charge in [0.1, 0.15) is 18.1 Å². The zero-order chi connectivity index (χ0) is 17.4. The first kappa shape index (κ1) is 17.9. The maximum atomic E-state index is 12.3. The molecule has 2 aromatic carbocycles. The highest BCUT2D eigenvalue weighted by Gasteiger charge is 2.18. The Morgan fingerprint density at radius 2 is 1.92 bits per heavy atom. The van der Waals surface area contributed by atoms with E-state index in [1.165, 1.54) is 0 Å². The van der Waals surface area contributed by atoms with E-state index >= 15 is 0 Å². The molecule has 0 aliphatic carbocycles. The van der Waals surface area contributed by atoms with Gasteiger partial charge in [-0.2, -0.15) is 0 Å². The smallest absolute Gasteiger partial charge is 0.261 e. The van der Waals surface area contributed by atoms with Gasteiger partial charge in [0.05, 0.1) is 6.54 Å². The largest absolute Gasteiger partial charge is 0.492 e. The van der Waals surface area contributed by atoms with E-state index < -0.39 is 6.10 Å². The first-order valence-corrected chi connectivity index (χ1v) is 8.29. The fraction of sp³-hybridized carbons (Fsp3) is 0.350. The van der Waals surface area contributed by atoms with Gasteiger partial charge in [-0.15, -0.1) is 0 Å². The lowest BCUT2D eigenvalue weighted by Crippen LogP contribution is -2.39. The van der Waals surface area contributed by atoms with E-state index in [2.05, 4.69) is 5.32 Å². The molecule has 0 fully saturated rings. The molecule has 0 radical (unpaired) electrons. The molecule has 0 spiro atoms. The molecule has 128 valence electrons. The molecule has 1 N–H and O–H groups in total. The molecule has 0 aliphatic heterocycles. The molecule has 2 rings (SSSR count).